The summed E-state index contributed by atoms with van der Waals surface area (Å²) in [7, 11) is 1.50. The molecule has 9 atom stereocenters. The van der Waals surface area contributed by atoms with Crippen LogP contribution < -0.4 is 26.4 Å². The minimum Gasteiger partial charge on any atom is -0.444 e. The molecule has 0 aliphatic heterocycles. The Morgan fingerprint density at radius 1 is 0.585 bits per heavy atom. The summed E-state index contributed by atoms with van der Waals surface area (Å²) in [5.74, 6) is -8.96. The zero-order valence-corrected chi connectivity index (χ0v) is 57.3. The van der Waals surface area contributed by atoms with E-state index in [0.29, 0.717) is 24.8 Å². The van der Waals surface area contributed by atoms with Crippen LogP contribution in [0.1, 0.15) is 162 Å². The number of hydrogen-bond acceptors (Lipinski definition) is 13. The minimum atomic E-state index is -1.38. The van der Waals surface area contributed by atoms with Crippen LogP contribution in [-0.2, 0) is 59.8 Å². The number of nitrogens with one attached hydrogen (secondary N) is 3. The van der Waals surface area contributed by atoms with E-state index < -0.39 is 124 Å². The smallest absolute Gasteiger partial charge is 0.410 e. The number of carbonyl (C=O) groups is 9. The van der Waals surface area contributed by atoms with Crippen molar-refractivity contribution in [2.24, 2.45) is 46.2 Å². The van der Waals surface area contributed by atoms with Crippen LogP contribution in [0.25, 0.3) is 0 Å². The summed E-state index contributed by atoms with van der Waals surface area (Å²) < 4.78 is 17.9. The van der Waals surface area contributed by atoms with Crippen molar-refractivity contribution >= 4 is 59.3 Å². The first-order chi connectivity index (χ1) is 44.5. The molecule has 5 N–H and O–H groups in total. The molecule has 0 saturated carbocycles. The van der Waals surface area contributed by atoms with Gasteiger partial charge in [-0.1, -0.05) is 194 Å². The molecule has 18 heteroatoms. The molecular formula is C76H100N6O12. The van der Waals surface area contributed by atoms with Gasteiger partial charge in [0.05, 0.1) is 30.2 Å². The molecule has 0 spiro atoms. The Morgan fingerprint density at radius 2 is 1.09 bits per heavy atom. The maximum atomic E-state index is 15.4. The maximum Gasteiger partial charge on any atom is 0.410 e. The Hall–Kier alpha value is -8.64. The normalized spacial score (nSPS) is 14.7. The van der Waals surface area contributed by atoms with Gasteiger partial charge in [0.15, 0.2) is 17.3 Å². The monoisotopic (exact) mass is 1290 g/mol. The highest BCUT2D eigenvalue weighted by Gasteiger charge is 2.41. The van der Waals surface area contributed by atoms with Gasteiger partial charge < -0.3 is 40.8 Å². The summed E-state index contributed by atoms with van der Waals surface area (Å²) in [4.78, 5) is 135. The van der Waals surface area contributed by atoms with Crippen molar-refractivity contribution in [3.8, 4) is 5.75 Å². The molecule has 5 amide bonds. The van der Waals surface area contributed by atoms with E-state index in [4.69, 9.17) is 19.9 Å². The molecule has 5 rings (SSSR count). The molecule has 0 aromatic heterocycles. The molecule has 0 unspecified atom stereocenters. The molecule has 0 saturated heterocycles. The summed E-state index contributed by atoms with van der Waals surface area (Å²) in [5, 5.41) is 9.30. The number of nitrogens with zero attached hydrogens (tertiary/aromatic N) is 2. The van der Waals surface area contributed by atoms with E-state index in [9.17, 15) is 24.0 Å². The number of benzene rings is 5. The SMILES string of the molecule is CC[C@H](C)[C@H](CC(=O)[C@@H](Cc1ccccc1)N(C)C(=O)OC(C)(C)C)C(=O)N[C@@H](COC(C)(C)C)C(=O)C[C@H](CCC(=O)NC(c1ccccc1)(c1ccccc1)c1ccccc1)C(=O)N[C@@H](C(=O)C[C@H](C(=O)Oc1ccccc1C=NCC(N)=O)[C@@H](C)CC)[C@@H](C)CC. The fraction of sp³-hybridized carbons (Fsp3) is 0.474. The van der Waals surface area contributed by atoms with Gasteiger partial charge in [0.25, 0.3) is 0 Å². The van der Waals surface area contributed by atoms with Crippen molar-refractivity contribution in [1.29, 1.82) is 0 Å². The summed E-state index contributed by atoms with van der Waals surface area (Å²) in [6, 6.07) is 40.8. The zero-order valence-electron chi connectivity index (χ0n) is 57.3. The molecule has 506 valence electrons. The third-order valence-corrected chi connectivity index (χ3v) is 17.3. The lowest BCUT2D eigenvalue weighted by atomic mass is 9.76. The molecule has 0 heterocycles. The Morgan fingerprint density at radius 3 is 1.60 bits per heavy atom. The standard InChI is InChI=1S/C76H100N6O12/c1-14-50(4)59(45-64(84)62(43-53-31-21-17-22-32-53)82(13)73(91)94-75(10,11)12)71(89)79-61(49-92-74(7,8)9)63(83)44-54(41-42-68(87)81-76(56-34-23-18-24-35-56,57-36-25-19-26-37-57)58-38-27-20-28-39-58)70(88)80-69(52(6)16-3)65(85)46-60(51(5)15-2)72(90)93-66-40-30-29-33-55(66)47-78-48-67(77)86/h17-40,47,50-52,54,59-62,69H,14-16,41-46,48-49H2,1-13H3,(H2,77,86)(H,79,89)(H,80,88)(H,81,87)/t50-,51-,52-,54-,59-,60-,61-,62+,69+/m0/s1. The zero-order chi connectivity index (χ0) is 69.3. The summed E-state index contributed by atoms with van der Waals surface area (Å²) in [6.45, 7) is 21.1. The van der Waals surface area contributed by atoms with Gasteiger partial charge in [-0.3, -0.25) is 43.3 Å². The van der Waals surface area contributed by atoms with E-state index in [2.05, 4.69) is 20.9 Å². The number of aliphatic imine (C=N–C) groups is 1. The van der Waals surface area contributed by atoms with Gasteiger partial charge in [0, 0.05) is 62.8 Å². The second-order valence-corrected chi connectivity index (χ2v) is 26.7. The highest BCUT2D eigenvalue weighted by Crippen LogP contribution is 2.38. The number of esters is 1. The van der Waals surface area contributed by atoms with Gasteiger partial charge in [-0.15, -0.1) is 0 Å². The molecule has 0 bridgehead atoms. The Bertz CT molecular complexity index is 3230. The van der Waals surface area contributed by atoms with E-state index in [1.54, 1.807) is 72.7 Å². The van der Waals surface area contributed by atoms with Crippen LogP contribution in [0.3, 0.4) is 0 Å². The Labute approximate surface area is 556 Å². The van der Waals surface area contributed by atoms with Crippen LogP contribution in [-0.4, -0.2) is 114 Å². The average Bonchev–Trinajstić information content (AvgIpc) is 0.756. The quantitative estimate of drug-likeness (QED) is 0.0126. The molecule has 0 aliphatic carbocycles. The van der Waals surface area contributed by atoms with Crippen LogP contribution in [0.4, 0.5) is 4.79 Å². The maximum absolute atomic E-state index is 15.4. The predicted molar refractivity (Wildman–Crippen MR) is 366 cm³/mol. The van der Waals surface area contributed by atoms with Crippen LogP contribution >= 0.6 is 0 Å². The van der Waals surface area contributed by atoms with Crippen molar-refractivity contribution in [2.45, 2.75) is 176 Å². The third-order valence-electron chi connectivity index (χ3n) is 17.3. The molecule has 0 aliphatic rings. The third kappa shape index (κ3) is 22.8. The Balaban J connectivity index is 1.55. The number of ketones is 3. The van der Waals surface area contributed by atoms with Crippen LogP contribution in [0.2, 0.25) is 0 Å². The molecule has 0 fully saturated rings. The number of nitrogens with two attached hydrogens (primary N) is 1. The number of carbonyl (C=O) groups excluding carboxylic acids is 9. The van der Waals surface area contributed by atoms with Gasteiger partial charge in [0.2, 0.25) is 23.6 Å². The van der Waals surface area contributed by atoms with Gasteiger partial charge in [0.1, 0.15) is 29.5 Å². The van der Waals surface area contributed by atoms with Crippen LogP contribution in [0.15, 0.2) is 151 Å². The number of para-hydroxylation sites is 1. The van der Waals surface area contributed by atoms with Gasteiger partial charge in [-0.05, 0) is 100 Å². The van der Waals surface area contributed by atoms with Crippen LogP contribution in [0.5, 0.6) is 5.75 Å². The highest BCUT2D eigenvalue weighted by atomic mass is 16.6. The van der Waals surface area contributed by atoms with Gasteiger partial charge in [-0.2, -0.15) is 0 Å². The van der Waals surface area contributed by atoms with E-state index >= 15 is 19.2 Å². The molecule has 0 radical (unpaired) electrons. The Kier molecular flexibility index (Phi) is 29.2. The molecule has 18 nitrogen and oxygen atoms in total. The van der Waals surface area contributed by atoms with E-state index in [1.807, 2.05) is 156 Å². The van der Waals surface area contributed by atoms with E-state index in [-0.39, 0.29) is 56.9 Å². The van der Waals surface area contributed by atoms with Crippen molar-refractivity contribution in [3.63, 3.8) is 0 Å². The van der Waals surface area contributed by atoms with E-state index in [0.717, 1.165) is 22.3 Å². The number of amides is 5. The predicted octanol–water partition coefficient (Wildman–Crippen LogP) is 11.5. The lowest BCUT2D eigenvalue weighted by Gasteiger charge is -2.37. The summed E-state index contributed by atoms with van der Waals surface area (Å²) >= 11 is 0. The number of ether oxygens (including phenoxy) is 3. The molecule has 5 aromatic rings. The lowest BCUT2D eigenvalue weighted by molar-refractivity contribution is -0.144. The largest absolute Gasteiger partial charge is 0.444 e. The van der Waals surface area contributed by atoms with Gasteiger partial charge >= 0.3 is 12.1 Å². The van der Waals surface area contributed by atoms with Crippen molar-refractivity contribution in [3.05, 3.63) is 173 Å². The average molecular weight is 1290 g/mol. The fourth-order valence-electron chi connectivity index (χ4n) is 11.1. The topological polar surface area (TPSA) is 259 Å². The second-order valence-electron chi connectivity index (χ2n) is 26.7. The summed E-state index contributed by atoms with van der Waals surface area (Å²) in [6.07, 6.45) is 0.537. The van der Waals surface area contributed by atoms with E-state index in [1.165, 1.54) is 18.2 Å². The number of hydrogen-bond donors (Lipinski definition) is 4. The first kappa shape index (κ1) is 76.1. The van der Waals surface area contributed by atoms with Gasteiger partial charge in [-0.25, -0.2) is 4.79 Å². The highest BCUT2D eigenvalue weighted by molar-refractivity contribution is 5.97. The molecule has 94 heavy (non-hydrogen) atoms. The number of rotatable bonds is 36. The number of likely N-dealkylation sites (N-methyl/N-ethyl adjacent to an activating group) is 1. The second kappa shape index (κ2) is 36.1. The first-order valence-corrected chi connectivity index (χ1v) is 32.9. The minimum absolute atomic E-state index is 0.138. The van der Waals surface area contributed by atoms with Crippen molar-refractivity contribution in [1.82, 2.24) is 20.9 Å². The van der Waals surface area contributed by atoms with Crippen molar-refractivity contribution in [2.75, 3.05) is 20.2 Å². The van der Waals surface area contributed by atoms with Crippen LogP contribution in [0, 0.1) is 35.5 Å². The first-order valence-electron chi connectivity index (χ1n) is 32.9. The fourth-order valence-corrected chi connectivity index (χ4v) is 11.1. The summed E-state index contributed by atoms with van der Waals surface area (Å²) in [5.41, 5.74) is 5.85. The van der Waals surface area contributed by atoms with Crippen molar-refractivity contribution < 1.29 is 57.4 Å². The molecule has 5 aromatic carbocycles. The lowest BCUT2D eigenvalue weighted by Crippen LogP contribution is -2.52. The number of Topliss-reactive ketones (excluding diaryl/α,β-unsaturated/α-hetero) is 3. The number of primary amides is 1. The molecular weight excluding hydrogens is 1190 g/mol.